The predicted octanol–water partition coefficient (Wildman–Crippen LogP) is 4.65. The van der Waals surface area contributed by atoms with Crippen molar-refractivity contribution in [3.63, 3.8) is 0 Å². The minimum absolute atomic E-state index is 0. The molecule has 2 aliphatic carbocycles. The molecule has 0 radical (unpaired) electrons. The van der Waals surface area contributed by atoms with Gasteiger partial charge in [0.15, 0.2) is 0 Å². The van der Waals surface area contributed by atoms with Crippen molar-refractivity contribution in [2.24, 2.45) is 0 Å². The fraction of sp³-hybridized carbons (Fsp3) is 0.500. The van der Waals surface area contributed by atoms with Gasteiger partial charge in [0.25, 0.3) is 0 Å². The maximum Gasteiger partial charge on any atom is -1.00 e. The Morgan fingerprint density at radius 2 is 1.00 bits per heavy atom. The van der Waals surface area contributed by atoms with Crippen LogP contribution in [0.25, 0.3) is 12.2 Å². The van der Waals surface area contributed by atoms with Crippen molar-refractivity contribution in [3.8, 4) is 0 Å². The number of benzene rings is 2. The monoisotopic (exact) mass is 650 g/mol. The maximum absolute atomic E-state index is 2.64. The topological polar surface area (TPSA) is 0 Å². The van der Waals surface area contributed by atoms with Gasteiger partial charge in [-0.2, -0.15) is 0 Å². The van der Waals surface area contributed by atoms with Crippen LogP contribution in [-0.2, 0) is 23.2 Å². The summed E-state index contributed by atoms with van der Waals surface area (Å²) in [7, 11) is -0.420. The second-order valence-electron chi connectivity index (χ2n) is 12.7. The summed E-state index contributed by atoms with van der Waals surface area (Å²) >= 11 is -0.903. The van der Waals surface area contributed by atoms with E-state index in [-0.39, 0.29) is 40.7 Å². The predicted molar refractivity (Wildman–Crippen MR) is 158 cm³/mol. The third-order valence-electron chi connectivity index (χ3n) is 7.16. The molecule has 2 aliphatic rings. The molecular weight excluding hydrogens is 608 g/mol. The number of rotatable bonds is 6. The minimum Gasteiger partial charge on any atom is -1.00 e. The average Bonchev–Trinajstić information content (AvgIpc) is 3.24. The molecule has 4 rings (SSSR count). The summed E-state index contributed by atoms with van der Waals surface area (Å²) in [6.07, 6.45) is 5.27. The van der Waals surface area contributed by atoms with Crippen LogP contribution in [0.4, 0.5) is 0 Å². The Morgan fingerprint density at radius 1 is 0.622 bits per heavy atom. The zero-order chi connectivity index (χ0) is 25.7. The molecule has 0 spiro atoms. The van der Waals surface area contributed by atoms with Crippen LogP contribution in [0.3, 0.4) is 0 Å². The zero-order valence-electron chi connectivity index (χ0n) is 24.2. The molecule has 0 nitrogen and oxygen atoms in total. The van der Waals surface area contributed by atoms with Crippen molar-refractivity contribution < 1.29 is 48.0 Å². The first kappa shape index (κ1) is 33.4. The minimum atomic E-state index is -0.903. The van der Waals surface area contributed by atoms with E-state index >= 15 is 0 Å². The fourth-order valence-corrected chi connectivity index (χ4v) is 21.0. The van der Waals surface area contributed by atoms with Gasteiger partial charge in [0.1, 0.15) is 0 Å². The fourth-order valence-electron chi connectivity index (χ4n) is 6.52. The van der Waals surface area contributed by atoms with Crippen LogP contribution in [0.15, 0.2) is 59.2 Å². The number of fused-ring (bicyclic) bond motifs is 2. The molecule has 200 valence electrons. The van der Waals surface area contributed by atoms with Gasteiger partial charge in [-0.05, 0) is 0 Å². The molecule has 0 heterocycles. The van der Waals surface area contributed by atoms with Crippen LogP contribution in [0, 0.1) is 0 Å². The van der Waals surface area contributed by atoms with E-state index in [0.29, 0.717) is 17.6 Å². The van der Waals surface area contributed by atoms with E-state index in [0.717, 1.165) is 11.3 Å². The van der Waals surface area contributed by atoms with Crippen LogP contribution in [0.5, 0.6) is 0 Å². The van der Waals surface area contributed by atoms with Gasteiger partial charge in [0, 0.05) is 0 Å². The summed E-state index contributed by atoms with van der Waals surface area (Å²) in [4.78, 5) is 0. The Bertz CT molecular complexity index is 1120. The van der Waals surface area contributed by atoms with Crippen molar-refractivity contribution >= 4 is 28.0 Å². The zero-order valence-corrected chi connectivity index (χ0v) is 30.0. The molecular formula is C32H44Cl2P2Zr. The van der Waals surface area contributed by atoms with Crippen molar-refractivity contribution in [1.29, 1.82) is 0 Å². The molecule has 2 aromatic rings. The summed E-state index contributed by atoms with van der Waals surface area (Å²) in [5.74, 6) is 0. The number of allylic oxidation sites excluding steroid dienone is 2. The molecule has 0 fully saturated rings. The van der Waals surface area contributed by atoms with Crippen LogP contribution in [0.2, 0.25) is 0 Å². The third-order valence-corrected chi connectivity index (χ3v) is 19.8. The number of hydrogen-bond acceptors (Lipinski definition) is 0. The van der Waals surface area contributed by atoms with Crippen LogP contribution < -0.4 is 24.8 Å². The number of hydrogen-bond donors (Lipinski definition) is 0. The molecule has 5 heteroatoms. The first-order chi connectivity index (χ1) is 16.3. The maximum atomic E-state index is 2.64. The molecule has 0 N–H and O–H groups in total. The van der Waals surface area contributed by atoms with E-state index in [9.17, 15) is 0 Å². The Kier molecular flexibility index (Phi) is 11.6. The van der Waals surface area contributed by atoms with Gasteiger partial charge in [0.05, 0.1) is 0 Å². The van der Waals surface area contributed by atoms with Gasteiger partial charge < -0.3 is 24.8 Å². The molecule has 0 amide bonds. The van der Waals surface area contributed by atoms with E-state index in [4.69, 9.17) is 0 Å². The molecule has 0 bridgehead atoms. The van der Waals surface area contributed by atoms with Crippen LogP contribution >= 0.6 is 15.8 Å². The first-order valence-electron chi connectivity index (χ1n) is 13.3. The van der Waals surface area contributed by atoms with Gasteiger partial charge in [-0.1, -0.05) is 0 Å². The van der Waals surface area contributed by atoms with Crippen molar-refractivity contribution in [3.05, 3.63) is 81.4 Å². The largest absolute Gasteiger partial charge is 1.00 e. The van der Waals surface area contributed by atoms with Gasteiger partial charge in [-0.15, -0.1) is 0 Å². The Hall–Kier alpha value is 0.243. The Labute approximate surface area is 253 Å². The summed E-state index contributed by atoms with van der Waals surface area (Å²) in [6.45, 7) is 24.8. The second kappa shape index (κ2) is 12.8. The van der Waals surface area contributed by atoms with E-state index in [1.165, 1.54) is 11.1 Å². The summed E-state index contributed by atoms with van der Waals surface area (Å²) < 4.78 is 1.37. The van der Waals surface area contributed by atoms with Crippen LogP contribution in [0.1, 0.15) is 98.7 Å². The molecule has 0 aliphatic heterocycles. The smallest absolute Gasteiger partial charge is 1.00 e. The number of halogens is 2. The molecule has 0 saturated carbocycles. The summed E-state index contributed by atoms with van der Waals surface area (Å²) in [6, 6.07) is 18.7. The van der Waals surface area contributed by atoms with Crippen LogP contribution in [-0.4, -0.2) is 21.6 Å². The summed E-state index contributed by atoms with van der Waals surface area (Å²) in [5, 5.41) is 4.22. The molecule has 2 atom stereocenters. The molecule has 0 saturated heterocycles. The standard InChI is InChI=1S/C17H24P.C15H20P.2ClH.Zr/c1-16(2,3)18(17(4,5)6)15-11-13-9-7-8-10-14(13)12-15;1-11(2)16(12(3)4)15-9-13-7-5-6-8-14(13)10-15;;;/h7-12H,1-6H3;5-12H,1-4H3;2*1H;/q;;;;+2/p-2. The van der Waals surface area contributed by atoms with E-state index in [1.54, 1.807) is 16.4 Å². The van der Waals surface area contributed by atoms with Crippen molar-refractivity contribution in [1.82, 2.24) is 0 Å². The van der Waals surface area contributed by atoms with E-state index in [2.05, 4.69) is 130 Å². The van der Waals surface area contributed by atoms with Gasteiger partial charge in [-0.25, -0.2) is 0 Å². The third kappa shape index (κ3) is 6.94. The van der Waals surface area contributed by atoms with Crippen molar-refractivity contribution in [2.75, 3.05) is 0 Å². The first-order valence-corrected chi connectivity index (χ1v) is 18.9. The second-order valence-corrected chi connectivity index (χ2v) is 23.6. The molecule has 2 aromatic carbocycles. The molecule has 2 unspecified atom stereocenters. The Balaban J connectivity index is 0.00000241. The van der Waals surface area contributed by atoms with Gasteiger partial charge in [-0.3, -0.25) is 0 Å². The summed E-state index contributed by atoms with van der Waals surface area (Å²) in [5.41, 5.74) is 7.76. The molecule has 37 heavy (non-hydrogen) atoms. The molecule has 0 aromatic heterocycles. The normalized spacial score (nSPS) is 18.8. The SMILES string of the molecule is CC(C)P(C1=Cc2ccccc2[CH]1[Zr+2][CH]1C(P(C(C)(C)C)C(C)(C)C)=Cc2ccccc21)C(C)C.[Cl-].[Cl-]. The average molecular weight is 653 g/mol. The quantitative estimate of drug-likeness (QED) is 0.399. The van der Waals surface area contributed by atoms with Crippen molar-refractivity contribution in [2.45, 2.75) is 98.1 Å². The van der Waals surface area contributed by atoms with Gasteiger partial charge >= 0.3 is 231 Å². The van der Waals surface area contributed by atoms with E-state index < -0.39 is 23.2 Å². The Morgan fingerprint density at radius 3 is 1.41 bits per heavy atom. The van der Waals surface area contributed by atoms with Gasteiger partial charge in [0.2, 0.25) is 0 Å². The van der Waals surface area contributed by atoms with E-state index in [1.807, 2.05) is 5.31 Å².